The van der Waals surface area contributed by atoms with Crippen LogP contribution in [-0.4, -0.2) is 18.4 Å². The van der Waals surface area contributed by atoms with Crippen molar-refractivity contribution in [3.05, 3.63) is 83.4 Å². The maximum Gasteiger partial charge on any atom is 0.273 e. The molecule has 128 valence electrons. The fraction of sp³-hybridized carbons (Fsp3) is 0.0526. The van der Waals surface area contributed by atoms with E-state index in [9.17, 15) is 9.59 Å². The first-order valence-corrected chi connectivity index (χ1v) is 7.85. The summed E-state index contributed by atoms with van der Waals surface area (Å²) >= 11 is 6.00. The number of carbonyl (C=O) groups is 2. The molecule has 2 aromatic rings. The van der Waals surface area contributed by atoms with Gasteiger partial charge in [0.15, 0.2) is 0 Å². The van der Waals surface area contributed by atoms with Crippen molar-refractivity contribution in [2.24, 2.45) is 0 Å². The van der Waals surface area contributed by atoms with Gasteiger partial charge >= 0.3 is 0 Å². The van der Waals surface area contributed by atoms with Crippen molar-refractivity contribution >= 4 is 29.5 Å². The van der Waals surface area contributed by atoms with Crippen LogP contribution in [0.25, 0.3) is 6.08 Å². The number of amides is 2. The highest BCUT2D eigenvalue weighted by atomic mass is 35.5. The summed E-state index contributed by atoms with van der Waals surface area (Å²) in [5, 5.41) is 0.531. The third kappa shape index (κ3) is 5.51. The number of hydrogen-bond donors (Lipinski definition) is 2. The van der Waals surface area contributed by atoms with Crippen molar-refractivity contribution in [1.29, 1.82) is 0 Å². The third-order valence-electron chi connectivity index (χ3n) is 3.11. The molecule has 0 fully saturated rings. The van der Waals surface area contributed by atoms with Crippen LogP contribution < -0.4 is 15.6 Å². The lowest BCUT2D eigenvalue weighted by molar-refractivity contribution is -0.117. The molecule has 0 spiro atoms. The molecule has 0 bridgehead atoms. The van der Waals surface area contributed by atoms with Crippen LogP contribution in [0, 0.1) is 0 Å². The van der Waals surface area contributed by atoms with Gasteiger partial charge in [-0.15, -0.1) is 0 Å². The van der Waals surface area contributed by atoms with Crippen LogP contribution in [-0.2, 0) is 4.79 Å². The molecule has 0 aliphatic rings. The Labute approximate surface area is 150 Å². The van der Waals surface area contributed by atoms with Crippen molar-refractivity contribution in [2.75, 3.05) is 6.61 Å². The average molecular weight is 357 g/mol. The maximum absolute atomic E-state index is 12.2. The lowest BCUT2D eigenvalue weighted by Gasteiger charge is -2.10. The Morgan fingerprint density at radius 1 is 1.08 bits per heavy atom. The number of para-hydroxylation sites is 1. The molecule has 2 aromatic carbocycles. The van der Waals surface area contributed by atoms with Crippen LogP contribution >= 0.6 is 11.6 Å². The minimum atomic E-state index is -0.488. The van der Waals surface area contributed by atoms with Crippen molar-refractivity contribution in [1.82, 2.24) is 10.9 Å². The van der Waals surface area contributed by atoms with Crippen molar-refractivity contribution in [3.63, 3.8) is 0 Å². The summed E-state index contributed by atoms with van der Waals surface area (Å²) in [4.78, 5) is 24.0. The number of carbonyl (C=O) groups excluding carboxylic acids is 2. The molecule has 0 saturated carbocycles. The highest BCUT2D eigenvalue weighted by Crippen LogP contribution is 2.18. The molecule has 0 heterocycles. The smallest absolute Gasteiger partial charge is 0.273 e. The summed E-state index contributed by atoms with van der Waals surface area (Å²) in [6, 6.07) is 13.8. The predicted molar refractivity (Wildman–Crippen MR) is 98.2 cm³/mol. The SMILES string of the molecule is C=CCOc1ccccc1C(=O)NNC(=O)/C=C/c1ccccc1Cl. The molecule has 0 saturated heterocycles. The van der Waals surface area contributed by atoms with Crippen molar-refractivity contribution in [3.8, 4) is 5.75 Å². The number of nitrogens with one attached hydrogen (secondary N) is 2. The normalized spacial score (nSPS) is 10.3. The van der Waals surface area contributed by atoms with Gasteiger partial charge in [-0.1, -0.05) is 54.6 Å². The van der Waals surface area contributed by atoms with Crippen molar-refractivity contribution in [2.45, 2.75) is 0 Å². The Morgan fingerprint density at radius 3 is 2.56 bits per heavy atom. The van der Waals surface area contributed by atoms with Crippen LogP contribution in [0.15, 0.2) is 67.3 Å². The zero-order chi connectivity index (χ0) is 18.1. The lowest BCUT2D eigenvalue weighted by atomic mass is 10.2. The summed E-state index contributed by atoms with van der Waals surface area (Å²) in [5.41, 5.74) is 5.66. The molecule has 0 radical (unpaired) electrons. The van der Waals surface area contributed by atoms with Gasteiger partial charge in [-0.2, -0.15) is 0 Å². The van der Waals surface area contributed by atoms with E-state index in [1.807, 2.05) is 6.07 Å². The summed E-state index contributed by atoms with van der Waals surface area (Å²) in [6.45, 7) is 3.84. The Bertz CT molecular complexity index is 803. The standard InChI is InChI=1S/C19H17ClN2O3/c1-2-13-25-17-10-6-4-8-15(17)19(24)22-21-18(23)12-11-14-7-3-5-9-16(14)20/h2-12H,1,13H2,(H,21,23)(H,22,24)/b12-11+. The highest BCUT2D eigenvalue weighted by Gasteiger charge is 2.12. The topological polar surface area (TPSA) is 67.4 Å². The third-order valence-corrected chi connectivity index (χ3v) is 3.45. The molecule has 5 nitrogen and oxygen atoms in total. The van der Waals surface area contributed by atoms with E-state index < -0.39 is 11.8 Å². The Hall–Kier alpha value is -3.05. The Balaban J connectivity index is 1.95. The van der Waals surface area contributed by atoms with E-state index in [1.54, 1.807) is 54.6 Å². The number of ether oxygens (including phenoxy) is 1. The van der Waals surface area contributed by atoms with Gasteiger partial charge in [0, 0.05) is 11.1 Å². The molecular weight excluding hydrogens is 340 g/mol. The van der Waals surface area contributed by atoms with Crippen molar-refractivity contribution < 1.29 is 14.3 Å². The first kappa shape index (κ1) is 18.3. The van der Waals surface area contributed by atoms with Gasteiger partial charge in [0.05, 0.1) is 5.56 Å². The fourth-order valence-corrected chi connectivity index (χ4v) is 2.13. The number of benzene rings is 2. The summed E-state index contributed by atoms with van der Waals surface area (Å²) in [7, 11) is 0. The molecule has 0 aromatic heterocycles. The van der Waals surface area contributed by atoms with Gasteiger partial charge in [-0.05, 0) is 29.8 Å². The van der Waals surface area contributed by atoms with E-state index in [1.165, 1.54) is 6.08 Å². The van der Waals surface area contributed by atoms with Crippen LogP contribution in [0.3, 0.4) is 0 Å². The van der Waals surface area contributed by atoms with Crippen LogP contribution in [0.1, 0.15) is 15.9 Å². The second kappa shape index (κ2) is 9.30. The number of hydrazine groups is 1. The van der Waals surface area contributed by atoms with Gasteiger partial charge < -0.3 is 4.74 Å². The largest absolute Gasteiger partial charge is 0.489 e. The van der Waals surface area contributed by atoms with E-state index in [0.717, 1.165) is 0 Å². The second-order valence-corrected chi connectivity index (χ2v) is 5.30. The van der Waals surface area contributed by atoms with Crippen LogP contribution in [0.5, 0.6) is 5.75 Å². The molecule has 2 rings (SSSR count). The van der Waals surface area contributed by atoms with E-state index in [-0.39, 0.29) is 6.61 Å². The monoisotopic (exact) mass is 356 g/mol. The zero-order valence-electron chi connectivity index (χ0n) is 13.4. The number of hydrogen-bond acceptors (Lipinski definition) is 3. The van der Waals surface area contributed by atoms with Gasteiger partial charge in [-0.25, -0.2) is 0 Å². The molecule has 0 unspecified atom stereocenters. The first-order valence-electron chi connectivity index (χ1n) is 7.47. The maximum atomic E-state index is 12.2. The first-order chi connectivity index (χ1) is 12.1. The van der Waals surface area contributed by atoms with E-state index in [0.29, 0.717) is 21.9 Å². The molecule has 2 amide bonds. The van der Waals surface area contributed by atoms with Gasteiger partial charge in [0.25, 0.3) is 11.8 Å². The van der Waals surface area contributed by atoms with Crippen LogP contribution in [0.2, 0.25) is 5.02 Å². The Morgan fingerprint density at radius 2 is 1.80 bits per heavy atom. The van der Waals surface area contributed by atoms with Gasteiger partial charge in [-0.3, -0.25) is 20.4 Å². The summed E-state index contributed by atoms with van der Waals surface area (Å²) in [6.07, 6.45) is 4.42. The minimum absolute atomic E-state index is 0.275. The van der Waals surface area contributed by atoms with E-state index in [4.69, 9.17) is 16.3 Å². The number of halogens is 1. The Kier molecular flexibility index (Phi) is 6.80. The minimum Gasteiger partial charge on any atom is -0.489 e. The summed E-state index contributed by atoms with van der Waals surface area (Å²) < 4.78 is 5.41. The molecule has 0 atom stereocenters. The van der Waals surface area contributed by atoms with Gasteiger partial charge in [0.1, 0.15) is 12.4 Å². The zero-order valence-corrected chi connectivity index (χ0v) is 14.1. The lowest BCUT2D eigenvalue weighted by Crippen LogP contribution is -2.40. The molecule has 25 heavy (non-hydrogen) atoms. The molecule has 6 heteroatoms. The van der Waals surface area contributed by atoms with E-state index in [2.05, 4.69) is 17.4 Å². The molecular formula is C19H17ClN2O3. The quantitative estimate of drug-likeness (QED) is 0.473. The predicted octanol–water partition coefficient (Wildman–Crippen LogP) is 3.38. The molecule has 0 aliphatic heterocycles. The molecule has 0 aliphatic carbocycles. The van der Waals surface area contributed by atoms with Gasteiger partial charge in [0.2, 0.25) is 0 Å². The number of rotatable bonds is 6. The van der Waals surface area contributed by atoms with E-state index >= 15 is 0 Å². The highest BCUT2D eigenvalue weighted by molar-refractivity contribution is 6.32. The fourth-order valence-electron chi connectivity index (χ4n) is 1.93. The van der Waals surface area contributed by atoms with Crippen LogP contribution in [0.4, 0.5) is 0 Å². The second-order valence-electron chi connectivity index (χ2n) is 4.89. The summed E-state index contributed by atoms with van der Waals surface area (Å²) in [5.74, 6) is -0.572. The molecule has 2 N–H and O–H groups in total. The average Bonchev–Trinajstić information content (AvgIpc) is 2.64.